The maximum absolute atomic E-state index is 11.6. The summed E-state index contributed by atoms with van der Waals surface area (Å²) in [6.45, 7) is 5.19. The summed E-state index contributed by atoms with van der Waals surface area (Å²) in [5.74, 6) is -0.463. The van der Waals surface area contributed by atoms with Crippen molar-refractivity contribution in [1.82, 2.24) is 5.32 Å². The summed E-state index contributed by atoms with van der Waals surface area (Å²) in [5.41, 5.74) is 0.0482. The number of amides is 1. The zero-order chi connectivity index (χ0) is 13.8. The van der Waals surface area contributed by atoms with Gasteiger partial charge in [-0.05, 0) is 31.8 Å². The van der Waals surface area contributed by atoms with Crippen LogP contribution in [-0.2, 0) is 9.53 Å². The highest BCUT2D eigenvalue weighted by atomic mass is 32.2. The van der Waals surface area contributed by atoms with Gasteiger partial charge in [0.15, 0.2) is 6.04 Å². The molecule has 1 unspecified atom stereocenters. The molecule has 1 heterocycles. The third-order valence-corrected chi connectivity index (χ3v) is 4.15. The van der Waals surface area contributed by atoms with Crippen LogP contribution >= 0.6 is 23.5 Å². The lowest BCUT2D eigenvalue weighted by atomic mass is 10.1. The Bertz CT molecular complexity index is 363. The first-order chi connectivity index (χ1) is 8.29. The smallest absolute Gasteiger partial charge is 0.408 e. The SMILES string of the molecule is CC(C)(C)OC(=O)NC(C(=O)O)C1=CSCSC1. The molecule has 18 heavy (non-hydrogen) atoms. The predicted molar refractivity (Wildman–Crippen MR) is 73.8 cm³/mol. The zero-order valence-electron chi connectivity index (χ0n) is 10.6. The van der Waals surface area contributed by atoms with Crippen LogP contribution in [0.15, 0.2) is 11.0 Å². The molecular formula is C11H17NO4S2. The van der Waals surface area contributed by atoms with Gasteiger partial charge >= 0.3 is 12.1 Å². The third-order valence-electron chi connectivity index (χ3n) is 1.93. The molecule has 0 radical (unpaired) electrons. The number of carboxylic acid groups (broad SMARTS) is 1. The van der Waals surface area contributed by atoms with E-state index in [1.54, 1.807) is 37.9 Å². The summed E-state index contributed by atoms with van der Waals surface area (Å²) < 4.78 is 5.05. The van der Waals surface area contributed by atoms with Gasteiger partial charge in [0.1, 0.15) is 5.60 Å². The van der Waals surface area contributed by atoms with Crippen LogP contribution in [0, 0.1) is 0 Å². The summed E-state index contributed by atoms with van der Waals surface area (Å²) in [7, 11) is 0. The molecule has 2 N–H and O–H groups in total. The van der Waals surface area contributed by atoms with E-state index in [1.165, 1.54) is 11.8 Å². The first-order valence-corrected chi connectivity index (χ1v) is 7.60. The number of thioether (sulfide) groups is 2. The van der Waals surface area contributed by atoms with E-state index in [2.05, 4.69) is 5.32 Å². The molecule has 0 fully saturated rings. The Balaban J connectivity index is 2.66. The Morgan fingerprint density at radius 3 is 2.61 bits per heavy atom. The van der Waals surface area contributed by atoms with Crippen LogP contribution in [0.1, 0.15) is 20.8 Å². The third kappa shape index (κ3) is 5.22. The van der Waals surface area contributed by atoms with Crippen LogP contribution in [0.25, 0.3) is 0 Å². The number of hydrogen-bond donors (Lipinski definition) is 2. The topological polar surface area (TPSA) is 75.6 Å². The van der Waals surface area contributed by atoms with Crippen LogP contribution in [0.4, 0.5) is 4.79 Å². The van der Waals surface area contributed by atoms with Crippen molar-refractivity contribution in [3.63, 3.8) is 0 Å². The van der Waals surface area contributed by atoms with Crippen LogP contribution in [0.5, 0.6) is 0 Å². The van der Waals surface area contributed by atoms with E-state index in [1.807, 2.05) is 0 Å². The maximum Gasteiger partial charge on any atom is 0.408 e. The van der Waals surface area contributed by atoms with Gasteiger partial charge in [-0.1, -0.05) is 0 Å². The molecule has 1 aliphatic heterocycles. The van der Waals surface area contributed by atoms with Crippen molar-refractivity contribution in [2.45, 2.75) is 32.4 Å². The lowest BCUT2D eigenvalue weighted by Crippen LogP contribution is -2.45. The highest BCUT2D eigenvalue weighted by Crippen LogP contribution is 2.26. The normalized spacial score (nSPS) is 17.6. The average molecular weight is 291 g/mol. The molecule has 0 aromatic heterocycles. The molecule has 7 heteroatoms. The van der Waals surface area contributed by atoms with Crippen LogP contribution in [-0.4, -0.2) is 39.6 Å². The number of ether oxygens (including phenoxy) is 1. The summed E-state index contributed by atoms with van der Waals surface area (Å²) in [5, 5.41) is 14.2. The fourth-order valence-electron chi connectivity index (χ4n) is 1.27. The number of aliphatic carboxylic acids is 1. The molecule has 1 amide bonds. The van der Waals surface area contributed by atoms with E-state index in [4.69, 9.17) is 9.84 Å². The first kappa shape index (κ1) is 15.2. The monoisotopic (exact) mass is 291 g/mol. The molecule has 0 aromatic rings. The van der Waals surface area contributed by atoms with Gasteiger partial charge in [-0.3, -0.25) is 0 Å². The Hall–Kier alpha value is -0.820. The summed E-state index contributed by atoms with van der Waals surface area (Å²) >= 11 is 3.16. The van der Waals surface area contributed by atoms with E-state index in [0.717, 1.165) is 5.08 Å². The van der Waals surface area contributed by atoms with E-state index in [0.29, 0.717) is 11.3 Å². The molecule has 1 atom stereocenters. The van der Waals surface area contributed by atoms with Crippen molar-refractivity contribution in [2.24, 2.45) is 0 Å². The van der Waals surface area contributed by atoms with E-state index < -0.39 is 23.7 Å². The molecule has 0 aliphatic carbocycles. The molecule has 102 valence electrons. The fraction of sp³-hybridized carbons (Fsp3) is 0.636. The number of nitrogens with one attached hydrogen (secondary N) is 1. The highest BCUT2D eigenvalue weighted by molar-refractivity contribution is 8.18. The number of rotatable bonds is 3. The standard InChI is InChI=1S/C11H17NO4S2/c1-11(2,3)16-10(15)12-8(9(13)14)7-4-17-6-18-5-7/h4,8H,5-6H2,1-3H3,(H,12,15)(H,13,14). The zero-order valence-corrected chi connectivity index (χ0v) is 12.2. The molecule has 0 aromatic carbocycles. The number of carboxylic acids is 1. The second kappa shape index (κ2) is 6.38. The minimum absolute atomic E-state index is 0.611. The molecule has 0 bridgehead atoms. The van der Waals surface area contributed by atoms with Crippen molar-refractivity contribution in [2.75, 3.05) is 10.8 Å². The Morgan fingerprint density at radius 2 is 2.17 bits per heavy atom. The molecular weight excluding hydrogens is 274 g/mol. The minimum atomic E-state index is -1.07. The first-order valence-electron chi connectivity index (χ1n) is 5.40. The van der Waals surface area contributed by atoms with Crippen LogP contribution in [0.3, 0.4) is 0 Å². The Kier molecular flexibility index (Phi) is 5.40. The van der Waals surface area contributed by atoms with Gasteiger partial charge in [-0.2, -0.15) is 0 Å². The van der Waals surface area contributed by atoms with Gasteiger partial charge in [0.25, 0.3) is 0 Å². The van der Waals surface area contributed by atoms with Crippen molar-refractivity contribution < 1.29 is 19.4 Å². The van der Waals surface area contributed by atoms with E-state index in [-0.39, 0.29) is 0 Å². The fourth-order valence-corrected chi connectivity index (χ4v) is 3.29. The van der Waals surface area contributed by atoms with Crippen molar-refractivity contribution in [1.29, 1.82) is 0 Å². The van der Waals surface area contributed by atoms with Gasteiger partial charge < -0.3 is 15.2 Å². The largest absolute Gasteiger partial charge is 0.479 e. The Morgan fingerprint density at radius 1 is 1.50 bits per heavy atom. The number of hydrogen-bond acceptors (Lipinski definition) is 5. The van der Waals surface area contributed by atoms with Gasteiger partial charge in [0, 0.05) is 10.8 Å². The minimum Gasteiger partial charge on any atom is -0.479 e. The van der Waals surface area contributed by atoms with Gasteiger partial charge in [-0.15, -0.1) is 23.5 Å². The van der Waals surface area contributed by atoms with Gasteiger partial charge in [-0.25, -0.2) is 9.59 Å². The average Bonchev–Trinajstić information content (AvgIpc) is 2.24. The molecule has 0 saturated carbocycles. The highest BCUT2D eigenvalue weighted by Gasteiger charge is 2.27. The van der Waals surface area contributed by atoms with Crippen LogP contribution < -0.4 is 5.32 Å². The summed E-state index contributed by atoms with van der Waals surface area (Å²) in [6.07, 6.45) is -0.712. The summed E-state index contributed by atoms with van der Waals surface area (Å²) in [6, 6.07) is -1.01. The van der Waals surface area contributed by atoms with Crippen molar-refractivity contribution in [3.05, 3.63) is 11.0 Å². The van der Waals surface area contributed by atoms with Crippen LogP contribution in [0.2, 0.25) is 0 Å². The summed E-state index contributed by atoms with van der Waals surface area (Å²) in [4.78, 5) is 22.7. The van der Waals surface area contributed by atoms with E-state index in [9.17, 15) is 9.59 Å². The molecule has 1 aliphatic rings. The quantitative estimate of drug-likeness (QED) is 0.831. The second-order valence-electron chi connectivity index (χ2n) is 4.74. The lowest BCUT2D eigenvalue weighted by Gasteiger charge is -2.24. The van der Waals surface area contributed by atoms with Gasteiger partial charge in [0.2, 0.25) is 0 Å². The maximum atomic E-state index is 11.6. The van der Waals surface area contributed by atoms with Crippen molar-refractivity contribution >= 4 is 35.6 Å². The second-order valence-corrected chi connectivity index (χ2v) is 6.95. The van der Waals surface area contributed by atoms with Gasteiger partial charge in [0.05, 0.1) is 0 Å². The molecule has 0 saturated heterocycles. The number of carbonyl (C=O) groups is 2. The number of carbonyl (C=O) groups excluding carboxylic acids is 1. The lowest BCUT2D eigenvalue weighted by molar-refractivity contribution is -0.138. The van der Waals surface area contributed by atoms with E-state index >= 15 is 0 Å². The van der Waals surface area contributed by atoms with Crippen molar-refractivity contribution in [3.8, 4) is 0 Å². The molecule has 1 rings (SSSR count). The Labute approximate surface area is 115 Å². The predicted octanol–water partition coefficient (Wildman–Crippen LogP) is 2.29. The molecule has 5 nitrogen and oxygen atoms in total. The number of alkyl carbamates (subject to hydrolysis) is 1. The molecule has 0 spiro atoms.